The van der Waals surface area contributed by atoms with Crippen molar-refractivity contribution in [3.05, 3.63) is 18.2 Å². The van der Waals surface area contributed by atoms with E-state index >= 15 is 0 Å². The number of nitrogens with zero attached hydrogens (tertiary/aromatic N) is 1. The average molecular weight is 386 g/mol. The minimum Gasteiger partial charge on any atom is -0.497 e. The number of sulfonamides is 1. The van der Waals surface area contributed by atoms with Crippen LogP contribution in [-0.4, -0.2) is 65.4 Å². The highest BCUT2D eigenvalue weighted by Crippen LogP contribution is 2.30. The first-order valence-electron chi connectivity index (χ1n) is 8.41. The summed E-state index contributed by atoms with van der Waals surface area (Å²) in [5, 5.41) is 2.86. The third kappa shape index (κ3) is 5.09. The van der Waals surface area contributed by atoms with Crippen LogP contribution in [0.15, 0.2) is 18.2 Å². The van der Waals surface area contributed by atoms with Crippen molar-refractivity contribution in [2.45, 2.75) is 12.8 Å². The Labute approximate surface area is 154 Å². The standard InChI is InChI=1S/C17H26N2O6S/c1-23-10-11-26(21,22)19-8-6-13(7-9-19)17(20)18-15-5-4-14(24-2)12-16(15)25-3/h4-5,12-13H,6-11H2,1-3H3,(H,18,20). The van der Waals surface area contributed by atoms with Gasteiger partial charge in [0.1, 0.15) is 11.5 Å². The van der Waals surface area contributed by atoms with Crippen LogP contribution < -0.4 is 14.8 Å². The Balaban J connectivity index is 1.95. The van der Waals surface area contributed by atoms with Crippen LogP contribution in [0.3, 0.4) is 0 Å². The molecule has 146 valence electrons. The fraction of sp³-hybridized carbons (Fsp3) is 0.588. The third-order valence-corrected chi connectivity index (χ3v) is 6.26. The molecular weight excluding hydrogens is 360 g/mol. The second kappa shape index (κ2) is 9.20. The first kappa shape index (κ1) is 20.5. The van der Waals surface area contributed by atoms with Crippen molar-refractivity contribution >= 4 is 21.6 Å². The first-order valence-corrected chi connectivity index (χ1v) is 10.0. The number of hydrogen-bond acceptors (Lipinski definition) is 6. The number of benzene rings is 1. The van der Waals surface area contributed by atoms with Crippen molar-refractivity contribution < 1.29 is 27.4 Å². The van der Waals surface area contributed by atoms with Gasteiger partial charge in [-0.25, -0.2) is 12.7 Å². The summed E-state index contributed by atoms with van der Waals surface area (Å²) in [5.74, 6) is 0.730. The Bertz CT molecular complexity index is 714. The number of methoxy groups -OCH3 is 3. The van der Waals surface area contributed by atoms with Crippen molar-refractivity contribution in [3.63, 3.8) is 0 Å². The van der Waals surface area contributed by atoms with E-state index in [9.17, 15) is 13.2 Å². The second-order valence-electron chi connectivity index (χ2n) is 6.04. The van der Waals surface area contributed by atoms with E-state index in [1.165, 1.54) is 18.5 Å². The van der Waals surface area contributed by atoms with E-state index in [0.29, 0.717) is 43.1 Å². The van der Waals surface area contributed by atoms with Gasteiger partial charge in [-0.15, -0.1) is 0 Å². The van der Waals surface area contributed by atoms with E-state index in [1.54, 1.807) is 25.3 Å². The number of nitrogens with one attached hydrogen (secondary N) is 1. The van der Waals surface area contributed by atoms with Crippen LogP contribution in [0.5, 0.6) is 11.5 Å². The number of anilines is 1. The lowest BCUT2D eigenvalue weighted by atomic mass is 9.97. The molecule has 1 aromatic carbocycles. The van der Waals surface area contributed by atoms with Gasteiger partial charge in [0.15, 0.2) is 0 Å². The van der Waals surface area contributed by atoms with Crippen LogP contribution in [0.2, 0.25) is 0 Å². The summed E-state index contributed by atoms with van der Waals surface area (Å²) in [7, 11) is 1.22. The largest absolute Gasteiger partial charge is 0.497 e. The quantitative estimate of drug-likeness (QED) is 0.724. The molecule has 1 saturated heterocycles. The molecule has 26 heavy (non-hydrogen) atoms. The van der Waals surface area contributed by atoms with Gasteiger partial charge in [-0.3, -0.25) is 4.79 Å². The maximum atomic E-state index is 12.5. The molecule has 2 rings (SSSR count). The lowest BCUT2D eigenvalue weighted by Crippen LogP contribution is -2.42. The van der Waals surface area contributed by atoms with E-state index in [2.05, 4.69) is 5.32 Å². The summed E-state index contributed by atoms with van der Waals surface area (Å²) in [4.78, 5) is 12.5. The van der Waals surface area contributed by atoms with Crippen molar-refractivity contribution in [2.24, 2.45) is 5.92 Å². The SMILES string of the molecule is COCCS(=O)(=O)N1CCC(C(=O)Nc2ccc(OC)cc2OC)CC1. The fourth-order valence-corrected chi connectivity index (χ4v) is 4.25. The topological polar surface area (TPSA) is 94.2 Å². The minimum atomic E-state index is -3.33. The second-order valence-corrected chi connectivity index (χ2v) is 8.13. The van der Waals surface area contributed by atoms with Gasteiger partial charge in [0.25, 0.3) is 0 Å². The molecule has 1 N–H and O–H groups in total. The molecule has 0 bridgehead atoms. The molecule has 1 heterocycles. The highest BCUT2D eigenvalue weighted by Gasteiger charge is 2.31. The Morgan fingerprint density at radius 2 is 1.88 bits per heavy atom. The monoisotopic (exact) mass is 386 g/mol. The zero-order valence-electron chi connectivity index (χ0n) is 15.4. The van der Waals surface area contributed by atoms with E-state index in [-0.39, 0.29) is 24.2 Å². The highest BCUT2D eigenvalue weighted by molar-refractivity contribution is 7.89. The van der Waals surface area contributed by atoms with Crippen molar-refractivity contribution in [1.82, 2.24) is 4.31 Å². The smallest absolute Gasteiger partial charge is 0.227 e. The van der Waals surface area contributed by atoms with Crippen LogP contribution >= 0.6 is 0 Å². The summed E-state index contributed by atoms with van der Waals surface area (Å²) in [6, 6.07) is 5.16. The first-order chi connectivity index (χ1) is 12.4. The van der Waals surface area contributed by atoms with Crippen LogP contribution in [0, 0.1) is 5.92 Å². The zero-order chi connectivity index (χ0) is 19.2. The van der Waals surface area contributed by atoms with Gasteiger partial charge in [0, 0.05) is 32.2 Å². The molecule has 0 radical (unpaired) electrons. The molecule has 1 amide bonds. The Morgan fingerprint density at radius 3 is 2.46 bits per heavy atom. The van der Waals surface area contributed by atoms with E-state index < -0.39 is 10.0 Å². The van der Waals surface area contributed by atoms with Crippen molar-refractivity contribution in [3.8, 4) is 11.5 Å². The molecule has 0 aliphatic carbocycles. The molecule has 0 atom stereocenters. The Morgan fingerprint density at radius 1 is 1.19 bits per heavy atom. The van der Waals surface area contributed by atoms with E-state index in [0.717, 1.165) is 0 Å². The van der Waals surface area contributed by atoms with Gasteiger partial charge in [0.2, 0.25) is 15.9 Å². The summed E-state index contributed by atoms with van der Waals surface area (Å²) >= 11 is 0. The van der Waals surface area contributed by atoms with E-state index in [4.69, 9.17) is 14.2 Å². The molecular formula is C17H26N2O6S. The molecule has 1 aliphatic heterocycles. The van der Waals surface area contributed by atoms with Crippen molar-refractivity contribution in [1.29, 1.82) is 0 Å². The van der Waals surface area contributed by atoms with Crippen molar-refractivity contribution in [2.75, 3.05) is 52.1 Å². The normalized spacial score (nSPS) is 16.3. The van der Waals surface area contributed by atoms with Crippen LogP contribution in [0.4, 0.5) is 5.69 Å². The Hall–Kier alpha value is -1.84. The lowest BCUT2D eigenvalue weighted by Gasteiger charge is -2.30. The predicted octanol–water partition coefficient (Wildman–Crippen LogP) is 1.33. The molecule has 0 saturated carbocycles. The summed E-state index contributed by atoms with van der Waals surface area (Å²) in [6.45, 7) is 0.841. The number of hydrogen-bond donors (Lipinski definition) is 1. The van der Waals surface area contributed by atoms with Gasteiger partial charge in [-0.05, 0) is 25.0 Å². The maximum Gasteiger partial charge on any atom is 0.227 e. The molecule has 1 aliphatic rings. The highest BCUT2D eigenvalue weighted by atomic mass is 32.2. The molecule has 9 heteroatoms. The molecule has 1 fully saturated rings. The number of rotatable bonds is 8. The third-order valence-electron chi connectivity index (χ3n) is 4.43. The summed E-state index contributed by atoms with van der Waals surface area (Å²) in [6.07, 6.45) is 0.965. The molecule has 0 spiro atoms. The molecule has 0 unspecified atom stereocenters. The predicted molar refractivity (Wildman–Crippen MR) is 98.1 cm³/mol. The maximum absolute atomic E-state index is 12.5. The summed E-state index contributed by atoms with van der Waals surface area (Å²) < 4.78 is 41.0. The van der Waals surface area contributed by atoms with Gasteiger partial charge in [-0.2, -0.15) is 0 Å². The molecule has 0 aromatic heterocycles. The lowest BCUT2D eigenvalue weighted by molar-refractivity contribution is -0.120. The summed E-state index contributed by atoms with van der Waals surface area (Å²) in [5.41, 5.74) is 0.563. The number of ether oxygens (including phenoxy) is 3. The van der Waals surface area contributed by atoms with Gasteiger partial charge < -0.3 is 19.5 Å². The average Bonchev–Trinajstić information content (AvgIpc) is 2.66. The van der Waals surface area contributed by atoms with Crippen LogP contribution in [0.25, 0.3) is 0 Å². The number of piperidine rings is 1. The van der Waals surface area contributed by atoms with E-state index in [1.807, 2.05) is 0 Å². The molecule has 8 nitrogen and oxygen atoms in total. The molecule has 1 aromatic rings. The fourth-order valence-electron chi connectivity index (χ4n) is 2.85. The Kier molecular flexibility index (Phi) is 7.24. The van der Waals surface area contributed by atoms with Gasteiger partial charge >= 0.3 is 0 Å². The minimum absolute atomic E-state index is 0.0383. The number of amides is 1. The van der Waals surface area contributed by atoms with Crippen LogP contribution in [0.1, 0.15) is 12.8 Å². The van der Waals surface area contributed by atoms with Gasteiger partial charge in [0.05, 0.1) is 32.3 Å². The van der Waals surface area contributed by atoms with Crippen LogP contribution in [-0.2, 0) is 19.6 Å². The zero-order valence-corrected chi connectivity index (χ0v) is 16.2. The number of carbonyl (C=O) groups excluding carboxylic acids is 1. The number of carbonyl (C=O) groups is 1. The van der Waals surface area contributed by atoms with Gasteiger partial charge in [-0.1, -0.05) is 0 Å².